The van der Waals surface area contributed by atoms with Crippen molar-refractivity contribution in [3.63, 3.8) is 0 Å². The van der Waals surface area contributed by atoms with Gasteiger partial charge in [-0.1, -0.05) is 36.4 Å². The molecule has 0 bridgehead atoms. The van der Waals surface area contributed by atoms with E-state index in [2.05, 4.69) is 0 Å². The van der Waals surface area contributed by atoms with E-state index in [9.17, 15) is 4.39 Å². The van der Waals surface area contributed by atoms with Crippen molar-refractivity contribution in [2.75, 3.05) is 0 Å². The Balaban J connectivity index is 2.62. The summed E-state index contributed by atoms with van der Waals surface area (Å²) in [7, 11) is 0. The van der Waals surface area contributed by atoms with Crippen molar-refractivity contribution >= 4 is 16.3 Å². The highest BCUT2D eigenvalue weighted by atomic mass is 19.1. The van der Waals surface area contributed by atoms with Crippen LogP contribution in [0.2, 0.25) is 0 Å². The second kappa shape index (κ2) is 3.62. The molecular weight excluding hydrogens is 175 g/mol. The van der Waals surface area contributed by atoms with E-state index in [1.165, 1.54) is 5.39 Å². The number of benzene rings is 2. The molecule has 0 saturated heterocycles. The van der Waals surface area contributed by atoms with Crippen LogP contribution in [0.4, 0.5) is 4.39 Å². The van der Waals surface area contributed by atoms with Crippen molar-refractivity contribution in [2.45, 2.75) is 6.92 Å². The first-order valence-electron chi connectivity index (χ1n) is 4.57. The molecule has 0 heterocycles. The molecule has 0 N–H and O–H groups in total. The third-order valence-electron chi connectivity index (χ3n) is 2.37. The van der Waals surface area contributed by atoms with Crippen LogP contribution in [-0.4, -0.2) is 0 Å². The smallest absolute Gasteiger partial charge is 0.0902 e. The maximum atomic E-state index is 12.3. The van der Waals surface area contributed by atoms with E-state index in [0.29, 0.717) is 11.9 Å². The van der Waals surface area contributed by atoms with Gasteiger partial charge in [-0.15, -0.1) is 0 Å². The fraction of sp³-hybridized carbons (Fsp3) is 0.0769. The van der Waals surface area contributed by atoms with Gasteiger partial charge in [0, 0.05) is 0 Å². The molecule has 0 spiro atoms. The van der Waals surface area contributed by atoms with E-state index in [0.717, 1.165) is 10.9 Å². The fourth-order valence-electron chi connectivity index (χ4n) is 1.50. The lowest BCUT2D eigenvalue weighted by molar-refractivity contribution is 0.723. The lowest BCUT2D eigenvalue weighted by atomic mass is 10.0. The van der Waals surface area contributed by atoms with Crippen LogP contribution < -0.4 is 0 Å². The van der Waals surface area contributed by atoms with Crippen LogP contribution in [0.25, 0.3) is 16.3 Å². The molecule has 0 aromatic heterocycles. The molecule has 0 aliphatic carbocycles. The number of rotatable bonds is 1. The summed E-state index contributed by atoms with van der Waals surface area (Å²) in [5.41, 5.74) is 1.60. The minimum Gasteiger partial charge on any atom is -0.215 e. The highest BCUT2D eigenvalue weighted by molar-refractivity contribution is 5.85. The van der Waals surface area contributed by atoms with Crippen molar-refractivity contribution in [1.82, 2.24) is 0 Å². The standard InChI is InChI=1S/C13H11F/c1-10(9-14)12-7-6-11-4-2-3-5-13(11)8-12/h2-9H,1H3/b10-9+. The molecule has 0 amide bonds. The summed E-state index contributed by atoms with van der Waals surface area (Å²) in [5, 5.41) is 2.33. The van der Waals surface area contributed by atoms with Crippen LogP contribution in [0.3, 0.4) is 0 Å². The van der Waals surface area contributed by atoms with E-state index >= 15 is 0 Å². The van der Waals surface area contributed by atoms with Crippen molar-refractivity contribution in [3.05, 3.63) is 54.4 Å². The Hall–Kier alpha value is -1.63. The molecule has 0 fully saturated rings. The molecule has 0 nitrogen and oxygen atoms in total. The molecule has 0 unspecified atom stereocenters. The van der Waals surface area contributed by atoms with Crippen LogP contribution in [0, 0.1) is 0 Å². The largest absolute Gasteiger partial charge is 0.215 e. The summed E-state index contributed by atoms with van der Waals surface area (Å²) in [6.45, 7) is 1.77. The molecule has 2 aromatic carbocycles. The Morgan fingerprint density at radius 2 is 1.79 bits per heavy atom. The second-order valence-electron chi connectivity index (χ2n) is 3.35. The van der Waals surface area contributed by atoms with Gasteiger partial charge in [-0.05, 0) is 34.9 Å². The molecule has 0 aliphatic heterocycles. The van der Waals surface area contributed by atoms with Crippen LogP contribution in [0.15, 0.2) is 48.8 Å². The Kier molecular flexibility index (Phi) is 2.32. The van der Waals surface area contributed by atoms with Crippen molar-refractivity contribution in [2.24, 2.45) is 0 Å². The molecule has 2 rings (SSSR count). The molecule has 1 heteroatoms. The van der Waals surface area contributed by atoms with Crippen LogP contribution in [0.5, 0.6) is 0 Å². The number of halogens is 1. The molecule has 0 saturated carbocycles. The Bertz CT molecular complexity index is 483. The van der Waals surface area contributed by atoms with Crippen molar-refractivity contribution in [3.8, 4) is 0 Å². The Labute approximate surface area is 82.7 Å². The summed E-state index contributed by atoms with van der Waals surface area (Å²) in [6, 6.07) is 14.0. The Morgan fingerprint density at radius 1 is 1.07 bits per heavy atom. The zero-order chi connectivity index (χ0) is 9.97. The summed E-state index contributed by atoms with van der Waals surface area (Å²) in [5.74, 6) is 0. The van der Waals surface area contributed by atoms with Crippen molar-refractivity contribution < 1.29 is 4.39 Å². The van der Waals surface area contributed by atoms with Gasteiger partial charge in [0.2, 0.25) is 0 Å². The quantitative estimate of drug-likeness (QED) is 0.627. The predicted molar refractivity (Wildman–Crippen MR) is 58.7 cm³/mol. The van der Waals surface area contributed by atoms with Crippen LogP contribution in [-0.2, 0) is 0 Å². The molecular formula is C13H11F. The first-order chi connectivity index (χ1) is 6.81. The highest BCUT2D eigenvalue weighted by Gasteiger charge is 1.97. The summed E-state index contributed by atoms with van der Waals surface area (Å²) in [6.07, 6.45) is 0.643. The van der Waals surface area contributed by atoms with E-state index in [1.807, 2.05) is 42.5 Å². The average Bonchev–Trinajstić information content (AvgIpc) is 2.27. The maximum Gasteiger partial charge on any atom is 0.0902 e. The van der Waals surface area contributed by atoms with Gasteiger partial charge in [0.05, 0.1) is 6.33 Å². The minimum atomic E-state index is 0.643. The molecule has 2 aromatic rings. The number of hydrogen-bond acceptors (Lipinski definition) is 0. The third kappa shape index (κ3) is 1.53. The van der Waals surface area contributed by atoms with Gasteiger partial charge in [0.25, 0.3) is 0 Å². The molecule has 0 atom stereocenters. The summed E-state index contributed by atoms with van der Waals surface area (Å²) >= 11 is 0. The number of fused-ring (bicyclic) bond motifs is 1. The topological polar surface area (TPSA) is 0 Å². The maximum absolute atomic E-state index is 12.3. The minimum absolute atomic E-state index is 0.643. The number of hydrogen-bond donors (Lipinski definition) is 0. The molecule has 0 aliphatic rings. The lowest BCUT2D eigenvalue weighted by Gasteiger charge is -2.02. The van der Waals surface area contributed by atoms with Gasteiger partial charge < -0.3 is 0 Å². The average molecular weight is 186 g/mol. The van der Waals surface area contributed by atoms with E-state index < -0.39 is 0 Å². The summed E-state index contributed by atoms with van der Waals surface area (Å²) < 4.78 is 12.3. The van der Waals surface area contributed by atoms with Gasteiger partial charge in [-0.3, -0.25) is 0 Å². The zero-order valence-electron chi connectivity index (χ0n) is 8.00. The normalized spacial score (nSPS) is 12.0. The molecule has 0 radical (unpaired) electrons. The van der Waals surface area contributed by atoms with Gasteiger partial charge >= 0.3 is 0 Å². The summed E-state index contributed by atoms with van der Waals surface area (Å²) in [4.78, 5) is 0. The monoisotopic (exact) mass is 186 g/mol. The molecule has 70 valence electrons. The zero-order valence-corrected chi connectivity index (χ0v) is 8.00. The van der Waals surface area contributed by atoms with Gasteiger partial charge in [0.1, 0.15) is 0 Å². The van der Waals surface area contributed by atoms with E-state index in [-0.39, 0.29) is 0 Å². The van der Waals surface area contributed by atoms with Crippen LogP contribution in [0.1, 0.15) is 12.5 Å². The highest BCUT2D eigenvalue weighted by Crippen LogP contribution is 2.20. The molecule has 14 heavy (non-hydrogen) atoms. The lowest BCUT2D eigenvalue weighted by Crippen LogP contribution is -1.79. The van der Waals surface area contributed by atoms with Crippen LogP contribution >= 0.6 is 0 Å². The second-order valence-corrected chi connectivity index (χ2v) is 3.35. The fourth-order valence-corrected chi connectivity index (χ4v) is 1.50. The van der Waals surface area contributed by atoms with Crippen molar-refractivity contribution in [1.29, 1.82) is 0 Å². The van der Waals surface area contributed by atoms with E-state index in [4.69, 9.17) is 0 Å². The van der Waals surface area contributed by atoms with E-state index in [1.54, 1.807) is 6.92 Å². The third-order valence-corrected chi connectivity index (χ3v) is 2.37. The first kappa shape index (κ1) is 8.95. The van der Waals surface area contributed by atoms with Gasteiger partial charge in [0.15, 0.2) is 0 Å². The predicted octanol–water partition coefficient (Wildman–Crippen LogP) is 4.17. The Morgan fingerprint density at radius 3 is 2.50 bits per heavy atom. The van der Waals surface area contributed by atoms with Gasteiger partial charge in [-0.2, -0.15) is 0 Å². The first-order valence-corrected chi connectivity index (χ1v) is 4.57. The number of allylic oxidation sites excluding steroid dienone is 1. The SMILES string of the molecule is C/C(=C\F)c1ccc2ccccc2c1. The van der Waals surface area contributed by atoms with Gasteiger partial charge in [-0.25, -0.2) is 4.39 Å².